The number of non-ortho nitro benzene ring substituents is 1. The van der Waals surface area contributed by atoms with E-state index in [1.807, 2.05) is 6.92 Å². The summed E-state index contributed by atoms with van der Waals surface area (Å²) in [5.74, 6) is -0.338. The van der Waals surface area contributed by atoms with Gasteiger partial charge in [0.25, 0.3) is 5.69 Å². The van der Waals surface area contributed by atoms with Gasteiger partial charge in [0.15, 0.2) is 12.1 Å². The minimum Gasteiger partial charge on any atom is -0.356 e. The second kappa shape index (κ2) is 5.48. The molecule has 0 aliphatic heterocycles. The van der Waals surface area contributed by atoms with E-state index >= 15 is 0 Å². The molecule has 0 aliphatic carbocycles. The van der Waals surface area contributed by atoms with Crippen molar-refractivity contribution >= 4 is 17.8 Å². The molecule has 0 amide bonds. The molecule has 20 heavy (non-hydrogen) atoms. The number of hydrogen-bond acceptors (Lipinski definition) is 4. The van der Waals surface area contributed by atoms with Crippen LogP contribution in [0.5, 0.6) is 0 Å². The fourth-order valence-corrected chi connectivity index (χ4v) is 1.98. The molecule has 1 aromatic heterocycles. The van der Waals surface area contributed by atoms with Crippen molar-refractivity contribution in [3.8, 4) is 0 Å². The number of aromatic nitrogens is 1. The third kappa shape index (κ3) is 2.49. The summed E-state index contributed by atoms with van der Waals surface area (Å²) in [6, 6.07) is 7.00. The maximum absolute atomic E-state index is 12.4. The molecule has 1 heterocycles. The van der Waals surface area contributed by atoms with E-state index in [4.69, 9.17) is 0 Å². The van der Waals surface area contributed by atoms with Crippen LogP contribution in [0.2, 0.25) is 0 Å². The lowest BCUT2D eigenvalue weighted by atomic mass is 10.0. The molecule has 0 saturated carbocycles. The summed E-state index contributed by atoms with van der Waals surface area (Å²) in [7, 11) is 0. The molecule has 2 aromatic rings. The normalized spacial score (nSPS) is 10.2. The maximum atomic E-state index is 12.4. The van der Waals surface area contributed by atoms with Crippen molar-refractivity contribution in [3.63, 3.8) is 0 Å². The lowest BCUT2D eigenvalue weighted by molar-refractivity contribution is -0.384. The van der Waals surface area contributed by atoms with Gasteiger partial charge in [-0.15, -0.1) is 0 Å². The van der Waals surface area contributed by atoms with Crippen molar-refractivity contribution in [1.29, 1.82) is 0 Å². The molecule has 0 atom stereocenters. The highest BCUT2D eigenvalue weighted by atomic mass is 16.6. The van der Waals surface area contributed by atoms with Crippen LogP contribution in [0, 0.1) is 10.1 Å². The summed E-state index contributed by atoms with van der Waals surface area (Å²) < 4.78 is 0. The molecule has 6 nitrogen and oxygen atoms in total. The van der Waals surface area contributed by atoms with Crippen LogP contribution in [0.3, 0.4) is 0 Å². The topological polar surface area (TPSA) is 93.1 Å². The van der Waals surface area contributed by atoms with Crippen LogP contribution in [0.1, 0.15) is 39.0 Å². The summed E-state index contributed by atoms with van der Waals surface area (Å²) in [4.78, 5) is 36.2. The average Bonchev–Trinajstić information content (AvgIpc) is 2.90. The van der Waals surface area contributed by atoms with E-state index in [2.05, 4.69) is 4.98 Å². The van der Waals surface area contributed by atoms with Gasteiger partial charge in [-0.2, -0.15) is 0 Å². The highest BCUT2D eigenvalue weighted by Gasteiger charge is 2.18. The summed E-state index contributed by atoms with van der Waals surface area (Å²) in [5.41, 5.74) is 1.42. The predicted molar refractivity (Wildman–Crippen MR) is 72.1 cm³/mol. The molecule has 6 heteroatoms. The number of ketones is 1. The third-order valence-corrected chi connectivity index (χ3v) is 2.96. The minimum atomic E-state index is -0.550. The van der Waals surface area contributed by atoms with Gasteiger partial charge in [0, 0.05) is 29.0 Å². The van der Waals surface area contributed by atoms with Gasteiger partial charge in [-0.3, -0.25) is 19.7 Å². The SMILES string of the molecule is CCc1[nH]c(C=O)cc1C(=O)c1cccc([N+](=O)[O-])c1. The second-order valence-electron chi connectivity index (χ2n) is 4.22. The Morgan fingerprint density at radius 3 is 2.75 bits per heavy atom. The van der Waals surface area contributed by atoms with Crippen molar-refractivity contribution < 1.29 is 14.5 Å². The van der Waals surface area contributed by atoms with Gasteiger partial charge in [-0.1, -0.05) is 19.1 Å². The average molecular weight is 272 g/mol. The number of H-pyrrole nitrogens is 1. The van der Waals surface area contributed by atoms with Crippen molar-refractivity contribution in [1.82, 2.24) is 4.98 Å². The number of aldehydes is 1. The summed E-state index contributed by atoms with van der Waals surface area (Å²) >= 11 is 0. The lowest BCUT2D eigenvalue weighted by Crippen LogP contribution is -2.04. The molecule has 0 saturated heterocycles. The highest BCUT2D eigenvalue weighted by Crippen LogP contribution is 2.19. The summed E-state index contributed by atoms with van der Waals surface area (Å²) in [6.07, 6.45) is 1.19. The number of aromatic amines is 1. The third-order valence-electron chi connectivity index (χ3n) is 2.96. The number of aryl methyl sites for hydroxylation is 1. The maximum Gasteiger partial charge on any atom is 0.270 e. The Morgan fingerprint density at radius 2 is 2.15 bits per heavy atom. The monoisotopic (exact) mass is 272 g/mol. The Kier molecular flexibility index (Phi) is 3.74. The Morgan fingerprint density at radius 1 is 1.40 bits per heavy atom. The van der Waals surface area contributed by atoms with Crippen molar-refractivity contribution in [3.05, 3.63) is 63.0 Å². The number of nitrogens with zero attached hydrogens (tertiary/aromatic N) is 1. The van der Waals surface area contributed by atoms with E-state index in [-0.39, 0.29) is 17.0 Å². The number of carbonyl (C=O) groups is 2. The zero-order valence-electron chi connectivity index (χ0n) is 10.8. The largest absolute Gasteiger partial charge is 0.356 e. The van der Waals surface area contributed by atoms with Gasteiger partial charge in [0.05, 0.1) is 10.6 Å². The molecule has 102 valence electrons. The minimum absolute atomic E-state index is 0.139. The Bertz CT molecular complexity index is 688. The zero-order valence-corrected chi connectivity index (χ0v) is 10.8. The summed E-state index contributed by atoms with van der Waals surface area (Å²) in [6.45, 7) is 1.85. The highest BCUT2D eigenvalue weighted by molar-refractivity contribution is 6.10. The quantitative estimate of drug-likeness (QED) is 0.391. The van der Waals surface area contributed by atoms with Gasteiger partial charge in [-0.05, 0) is 12.5 Å². The number of benzene rings is 1. The molecule has 0 aliphatic rings. The van der Waals surface area contributed by atoms with Crippen molar-refractivity contribution in [2.45, 2.75) is 13.3 Å². The van der Waals surface area contributed by atoms with Gasteiger partial charge in [0.1, 0.15) is 0 Å². The number of nitro benzene ring substituents is 1. The van der Waals surface area contributed by atoms with E-state index < -0.39 is 4.92 Å². The fraction of sp³-hybridized carbons (Fsp3) is 0.143. The molecule has 2 rings (SSSR count). The first-order valence-electron chi connectivity index (χ1n) is 6.03. The Labute approximate surface area is 114 Å². The van der Waals surface area contributed by atoms with Gasteiger partial charge >= 0.3 is 0 Å². The summed E-state index contributed by atoms with van der Waals surface area (Å²) in [5, 5.41) is 10.7. The Balaban J connectivity index is 2.45. The van der Waals surface area contributed by atoms with Gasteiger partial charge in [-0.25, -0.2) is 0 Å². The van der Waals surface area contributed by atoms with Gasteiger partial charge in [0.2, 0.25) is 0 Å². The molecule has 0 bridgehead atoms. The van der Waals surface area contributed by atoms with E-state index in [1.54, 1.807) is 0 Å². The Hall–Kier alpha value is -2.76. The lowest BCUT2D eigenvalue weighted by Gasteiger charge is -2.01. The molecular weight excluding hydrogens is 260 g/mol. The molecule has 1 N–H and O–H groups in total. The van der Waals surface area contributed by atoms with Crippen LogP contribution >= 0.6 is 0 Å². The standard InChI is InChI=1S/C14H12N2O4/c1-2-13-12(7-10(8-17)15-13)14(18)9-4-3-5-11(6-9)16(19)20/h3-8,15H,2H2,1H3. The number of nitro groups is 1. The molecular formula is C14H12N2O4. The van der Waals surface area contributed by atoms with Gasteiger partial charge < -0.3 is 4.98 Å². The van der Waals surface area contributed by atoms with Crippen molar-refractivity contribution in [2.24, 2.45) is 0 Å². The van der Waals surface area contributed by atoms with Crippen LogP contribution in [0.25, 0.3) is 0 Å². The number of carbonyl (C=O) groups excluding carboxylic acids is 2. The number of hydrogen-bond donors (Lipinski definition) is 1. The molecule has 1 aromatic carbocycles. The predicted octanol–water partition coefficient (Wildman–Crippen LogP) is 2.53. The number of nitrogens with one attached hydrogen (secondary N) is 1. The van der Waals surface area contributed by atoms with Crippen LogP contribution < -0.4 is 0 Å². The van der Waals surface area contributed by atoms with E-state index in [0.29, 0.717) is 29.7 Å². The molecule has 0 fully saturated rings. The second-order valence-corrected chi connectivity index (χ2v) is 4.22. The fourth-order valence-electron chi connectivity index (χ4n) is 1.98. The molecule has 0 spiro atoms. The first kappa shape index (κ1) is 13.7. The van der Waals surface area contributed by atoms with Crippen LogP contribution in [-0.4, -0.2) is 22.0 Å². The first-order chi connectivity index (χ1) is 9.56. The van der Waals surface area contributed by atoms with Crippen molar-refractivity contribution in [2.75, 3.05) is 0 Å². The van der Waals surface area contributed by atoms with Crippen LogP contribution in [-0.2, 0) is 6.42 Å². The molecule has 0 unspecified atom stereocenters. The van der Waals surface area contributed by atoms with E-state index in [1.165, 1.54) is 30.3 Å². The zero-order chi connectivity index (χ0) is 14.7. The first-order valence-corrected chi connectivity index (χ1v) is 6.03. The van der Waals surface area contributed by atoms with E-state index in [0.717, 1.165) is 0 Å². The van der Waals surface area contributed by atoms with E-state index in [9.17, 15) is 19.7 Å². The van der Waals surface area contributed by atoms with Crippen LogP contribution in [0.4, 0.5) is 5.69 Å². The smallest absolute Gasteiger partial charge is 0.270 e. The number of rotatable bonds is 5. The molecule has 0 radical (unpaired) electrons. The van der Waals surface area contributed by atoms with Crippen LogP contribution in [0.15, 0.2) is 30.3 Å².